The van der Waals surface area contributed by atoms with Crippen LogP contribution in [-0.4, -0.2) is 16.1 Å². The lowest BCUT2D eigenvalue weighted by atomic mass is 10.1. The van der Waals surface area contributed by atoms with Crippen LogP contribution in [0.2, 0.25) is 0 Å². The Balaban J connectivity index is 1.99. The molecule has 112 valence electrons. The number of thiophene rings is 1. The van der Waals surface area contributed by atoms with Crippen LogP contribution in [0.4, 0.5) is 10.1 Å². The Hall–Kier alpha value is -2.47. The quantitative estimate of drug-likeness (QED) is 0.762. The summed E-state index contributed by atoms with van der Waals surface area (Å²) >= 11 is 1.37. The molecular formula is C16H14FN3OS. The molecule has 0 aliphatic rings. The minimum atomic E-state index is -0.339. The molecule has 3 rings (SSSR count). The molecule has 4 nitrogen and oxygen atoms in total. The number of aromatic nitrogens is 2. The Morgan fingerprint density at radius 1 is 1.36 bits per heavy atom. The van der Waals surface area contributed by atoms with E-state index >= 15 is 0 Å². The molecule has 0 bridgehead atoms. The highest BCUT2D eigenvalue weighted by Crippen LogP contribution is 2.30. The van der Waals surface area contributed by atoms with Crippen molar-refractivity contribution in [2.24, 2.45) is 0 Å². The molecular weight excluding hydrogens is 301 g/mol. The van der Waals surface area contributed by atoms with Crippen molar-refractivity contribution < 1.29 is 9.18 Å². The highest BCUT2D eigenvalue weighted by molar-refractivity contribution is 7.12. The summed E-state index contributed by atoms with van der Waals surface area (Å²) in [5.41, 5.74) is 2.58. The second-order valence-corrected chi connectivity index (χ2v) is 5.67. The SMILES string of the molecule is CCc1[nH]nc(-c2cccc(F)c2)c1NC(=O)c1cccs1. The van der Waals surface area contributed by atoms with E-state index < -0.39 is 0 Å². The van der Waals surface area contributed by atoms with E-state index in [-0.39, 0.29) is 11.7 Å². The number of carbonyl (C=O) groups is 1. The lowest BCUT2D eigenvalue weighted by Crippen LogP contribution is -2.11. The van der Waals surface area contributed by atoms with Gasteiger partial charge in [-0.15, -0.1) is 11.3 Å². The number of nitrogens with one attached hydrogen (secondary N) is 2. The summed E-state index contributed by atoms with van der Waals surface area (Å²) in [7, 11) is 0. The Morgan fingerprint density at radius 2 is 2.23 bits per heavy atom. The Bertz CT molecular complexity index is 796. The van der Waals surface area contributed by atoms with Gasteiger partial charge in [0, 0.05) is 5.56 Å². The summed E-state index contributed by atoms with van der Waals surface area (Å²) < 4.78 is 13.4. The molecule has 2 N–H and O–H groups in total. The molecule has 22 heavy (non-hydrogen) atoms. The Morgan fingerprint density at radius 3 is 2.91 bits per heavy atom. The summed E-state index contributed by atoms with van der Waals surface area (Å²) in [6.45, 7) is 1.96. The highest BCUT2D eigenvalue weighted by Gasteiger charge is 2.17. The zero-order valence-corrected chi connectivity index (χ0v) is 12.7. The van der Waals surface area contributed by atoms with Crippen molar-refractivity contribution in [3.8, 4) is 11.3 Å². The molecule has 2 heterocycles. The van der Waals surface area contributed by atoms with E-state index in [1.807, 2.05) is 18.4 Å². The Kier molecular flexibility index (Phi) is 4.02. The van der Waals surface area contributed by atoms with E-state index in [0.29, 0.717) is 28.2 Å². The standard InChI is InChI=1S/C16H14FN3OS/c1-2-12-15(18-16(21)13-7-4-8-22-13)14(20-19-12)10-5-3-6-11(17)9-10/h3-9H,2H2,1H3,(H,18,21)(H,19,20). The van der Waals surface area contributed by atoms with Crippen LogP contribution in [0.5, 0.6) is 0 Å². The second-order valence-electron chi connectivity index (χ2n) is 4.72. The van der Waals surface area contributed by atoms with Gasteiger partial charge < -0.3 is 5.32 Å². The second kappa shape index (κ2) is 6.11. The van der Waals surface area contributed by atoms with Gasteiger partial charge in [-0.3, -0.25) is 9.89 Å². The third-order valence-corrected chi connectivity index (χ3v) is 4.14. The van der Waals surface area contributed by atoms with Gasteiger partial charge in [-0.05, 0) is 30.0 Å². The lowest BCUT2D eigenvalue weighted by molar-refractivity contribution is 0.103. The van der Waals surface area contributed by atoms with Gasteiger partial charge in [-0.25, -0.2) is 4.39 Å². The number of aryl methyl sites for hydroxylation is 1. The fraction of sp³-hybridized carbons (Fsp3) is 0.125. The van der Waals surface area contributed by atoms with Crippen LogP contribution in [0.3, 0.4) is 0 Å². The largest absolute Gasteiger partial charge is 0.318 e. The van der Waals surface area contributed by atoms with Gasteiger partial charge in [-0.1, -0.05) is 25.1 Å². The minimum Gasteiger partial charge on any atom is -0.318 e. The first kappa shape index (κ1) is 14.5. The van der Waals surface area contributed by atoms with Crippen LogP contribution >= 0.6 is 11.3 Å². The smallest absolute Gasteiger partial charge is 0.265 e. The third-order valence-electron chi connectivity index (χ3n) is 3.28. The monoisotopic (exact) mass is 315 g/mol. The first-order valence-corrected chi connectivity index (χ1v) is 7.75. The van der Waals surface area contributed by atoms with Crippen LogP contribution in [0.1, 0.15) is 22.3 Å². The maximum atomic E-state index is 13.4. The molecule has 6 heteroatoms. The highest BCUT2D eigenvalue weighted by atomic mass is 32.1. The minimum absolute atomic E-state index is 0.191. The maximum Gasteiger partial charge on any atom is 0.265 e. The van der Waals surface area contributed by atoms with Gasteiger partial charge >= 0.3 is 0 Å². The number of aromatic amines is 1. The number of carbonyl (C=O) groups excluding carboxylic acids is 1. The maximum absolute atomic E-state index is 13.4. The molecule has 3 aromatic rings. The van der Waals surface area contributed by atoms with Gasteiger partial charge in [0.2, 0.25) is 0 Å². The molecule has 1 amide bonds. The number of benzene rings is 1. The van der Waals surface area contributed by atoms with Crippen molar-refractivity contribution in [1.29, 1.82) is 0 Å². The van der Waals surface area contributed by atoms with Crippen molar-refractivity contribution in [1.82, 2.24) is 10.2 Å². The molecule has 0 saturated heterocycles. The van der Waals surface area contributed by atoms with E-state index in [1.54, 1.807) is 18.2 Å². The van der Waals surface area contributed by atoms with Crippen LogP contribution in [0, 0.1) is 5.82 Å². The Labute approximate surface area is 131 Å². The molecule has 2 aromatic heterocycles. The molecule has 0 radical (unpaired) electrons. The number of hydrogen-bond acceptors (Lipinski definition) is 3. The number of amides is 1. The zero-order chi connectivity index (χ0) is 15.5. The fourth-order valence-electron chi connectivity index (χ4n) is 2.20. The molecule has 0 aliphatic carbocycles. The van der Waals surface area contributed by atoms with Crippen LogP contribution in [0.15, 0.2) is 41.8 Å². The molecule has 0 fully saturated rings. The number of rotatable bonds is 4. The average molecular weight is 315 g/mol. The van der Waals surface area contributed by atoms with Gasteiger partial charge in [0.05, 0.1) is 16.3 Å². The summed E-state index contributed by atoms with van der Waals surface area (Å²) in [6, 6.07) is 9.74. The fourth-order valence-corrected chi connectivity index (χ4v) is 2.82. The summed E-state index contributed by atoms with van der Waals surface area (Å²) in [4.78, 5) is 12.9. The van der Waals surface area contributed by atoms with Gasteiger partial charge in [0.1, 0.15) is 11.5 Å². The normalized spacial score (nSPS) is 10.6. The molecule has 0 aliphatic heterocycles. The van der Waals surface area contributed by atoms with E-state index in [0.717, 1.165) is 5.69 Å². The van der Waals surface area contributed by atoms with E-state index in [9.17, 15) is 9.18 Å². The van der Waals surface area contributed by atoms with Gasteiger partial charge in [-0.2, -0.15) is 5.10 Å². The van der Waals surface area contributed by atoms with Gasteiger partial charge in [0.15, 0.2) is 0 Å². The third kappa shape index (κ3) is 2.78. The molecule has 0 saturated carbocycles. The van der Waals surface area contributed by atoms with E-state index in [4.69, 9.17) is 0 Å². The number of hydrogen-bond donors (Lipinski definition) is 2. The summed E-state index contributed by atoms with van der Waals surface area (Å²) in [6.07, 6.45) is 0.683. The number of halogens is 1. The number of anilines is 1. The predicted octanol–water partition coefficient (Wildman–Crippen LogP) is 4.09. The number of H-pyrrole nitrogens is 1. The predicted molar refractivity (Wildman–Crippen MR) is 85.6 cm³/mol. The zero-order valence-electron chi connectivity index (χ0n) is 11.9. The first-order chi connectivity index (χ1) is 10.7. The van der Waals surface area contributed by atoms with Crippen molar-refractivity contribution in [3.63, 3.8) is 0 Å². The van der Waals surface area contributed by atoms with Crippen LogP contribution in [0.25, 0.3) is 11.3 Å². The molecule has 0 unspecified atom stereocenters. The molecule has 0 spiro atoms. The van der Waals surface area contributed by atoms with Crippen molar-refractivity contribution >= 4 is 22.9 Å². The number of nitrogens with zero attached hydrogens (tertiary/aromatic N) is 1. The van der Waals surface area contributed by atoms with Crippen molar-refractivity contribution in [3.05, 3.63) is 58.2 Å². The summed E-state index contributed by atoms with van der Waals surface area (Å²) in [5, 5.41) is 11.9. The van der Waals surface area contributed by atoms with Crippen LogP contribution in [-0.2, 0) is 6.42 Å². The lowest BCUT2D eigenvalue weighted by Gasteiger charge is -2.07. The molecule has 1 aromatic carbocycles. The summed E-state index contributed by atoms with van der Waals surface area (Å²) in [5.74, 6) is -0.530. The first-order valence-electron chi connectivity index (χ1n) is 6.87. The van der Waals surface area contributed by atoms with Crippen molar-refractivity contribution in [2.45, 2.75) is 13.3 Å². The average Bonchev–Trinajstić information content (AvgIpc) is 3.16. The van der Waals surface area contributed by atoms with Crippen LogP contribution < -0.4 is 5.32 Å². The van der Waals surface area contributed by atoms with Crippen molar-refractivity contribution in [2.75, 3.05) is 5.32 Å². The topological polar surface area (TPSA) is 57.8 Å². The van der Waals surface area contributed by atoms with E-state index in [1.165, 1.54) is 23.5 Å². The van der Waals surface area contributed by atoms with Gasteiger partial charge in [0.25, 0.3) is 5.91 Å². The van der Waals surface area contributed by atoms with E-state index in [2.05, 4.69) is 15.5 Å². The molecule has 0 atom stereocenters.